The Morgan fingerprint density at radius 3 is 2.57 bits per heavy atom. The number of nitrogens with zero attached hydrogens (tertiary/aromatic N) is 3. The Morgan fingerprint density at radius 1 is 1.00 bits per heavy atom. The first-order chi connectivity index (χ1) is 17.1. The Hall–Kier alpha value is -4.20. The Balaban J connectivity index is 1.18. The fraction of sp³-hybridized carbons (Fsp3) is 0.222. The standard InChI is InChI=1S/C27H26FN5O2/c28-22-7-2-1-6-20(22)18-32-16-5-17-33(27(32)35)21-12-10-19(11-13-21)26(34)29-15-14-25-30-23-8-3-4-9-24(23)31-25/h1-4,6-13H,5,14-18H2,(H,29,34)(H,30,31). The predicted octanol–water partition coefficient (Wildman–Crippen LogP) is 4.51. The maximum absolute atomic E-state index is 14.1. The molecule has 0 aliphatic carbocycles. The van der Waals surface area contributed by atoms with Crippen LogP contribution in [-0.4, -0.2) is 46.4 Å². The van der Waals surface area contributed by atoms with E-state index in [0.29, 0.717) is 42.9 Å². The molecule has 0 spiro atoms. The average molecular weight is 472 g/mol. The normalized spacial score (nSPS) is 13.9. The van der Waals surface area contributed by atoms with E-state index < -0.39 is 0 Å². The van der Waals surface area contributed by atoms with Gasteiger partial charge in [0.1, 0.15) is 11.6 Å². The number of hydrogen-bond donors (Lipinski definition) is 2. The lowest BCUT2D eigenvalue weighted by Gasteiger charge is -2.35. The minimum Gasteiger partial charge on any atom is -0.352 e. The largest absolute Gasteiger partial charge is 0.352 e. The molecule has 0 bridgehead atoms. The molecule has 35 heavy (non-hydrogen) atoms. The molecule has 1 fully saturated rings. The molecule has 3 aromatic carbocycles. The zero-order valence-corrected chi connectivity index (χ0v) is 19.2. The van der Waals surface area contributed by atoms with Crippen LogP contribution >= 0.6 is 0 Å². The maximum atomic E-state index is 14.1. The van der Waals surface area contributed by atoms with Crippen LogP contribution in [0.5, 0.6) is 0 Å². The van der Waals surface area contributed by atoms with E-state index in [1.54, 1.807) is 52.3 Å². The minimum atomic E-state index is -0.312. The van der Waals surface area contributed by atoms with Gasteiger partial charge in [0.2, 0.25) is 0 Å². The van der Waals surface area contributed by atoms with E-state index in [4.69, 9.17) is 0 Å². The van der Waals surface area contributed by atoms with Gasteiger partial charge in [-0.15, -0.1) is 0 Å². The number of halogens is 1. The van der Waals surface area contributed by atoms with Crippen molar-refractivity contribution in [3.05, 3.63) is 95.6 Å². The second-order valence-corrected chi connectivity index (χ2v) is 8.55. The summed E-state index contributed by atoms with van der Waals surface area (Å²) in [6, 6.07) is 21.1. The summed E-state index contributed by atoms with van der Waals surface area (Å²) < 4.78 is 14.1. The highest BCUT2D eigenvalue weighted by molar-refractivity contribution is 5.96. The molecule has 0 saturated carbocycles. The summed E-state index contributed by atoms with van der Waals surface area (Å²) in [5.74, 6) is 0.331. The summed E-state index contributed by atoms with van der Waals surface area (Å²) in [4.78, 5) is 36.7. The quantitative estimate of drug-likeness (QED) is 0.416. The number of urea groups is 1. The number of carbonyl (C=O) groups excluding carboxylic acids is 2. The Labute approximate surface area is 202 Å². The molecule has 5 rings (SSSR count). The smallest absolute Gasteiger partial charge is 0.324 e. The van der Waals surface area contributed by atoms with Gasteiger partial charge < -0.3 is 15.2 Å². The molecule has 0 atom stereocenters. The Bertz CT molecular complexity index is 1320. The van der Waals surface area contributed by atoms with Crippen molar-refractivity contribution in [2.75, 3.05) is 24.5 Å². The third kappa shape index (κ3) is 5.01. The van der Waals surface area contributed by atoms with Crippen LogP contribution in [-0.2, 0) is 13.0 Å². The number of hydrogen-bond acceptors (Lipinski definition) is 3. The van der Waals surface area contributed by atoms with Gasteiger partial charge >= 0.3 is 6.03 Å². The van der Waals surface area contributed by atoms with Gasteiger partial charge in [-0.3, -0.25) is 9.69 Å². The third-order valence-corrected chi connectivity index (χ3v) is 6.16. The van der Waals surface area contributed by atoms with Crippen LogP contribution in [0.4, 0.5) is 14.9 Å². The van der Waals surface area contributed by atoms with Gasteiger partial charge in [-0.25, -0.2) is 14.2 Å². The van der Waals surface area contributed by atoms with Crippen LogP contribution in [0.1, 0.15) is 28.2 Å². The molecule has 2 N–H and O–H groups in total. The van der Waals surface area contributed by atoms with Crippen LogP contribution in [0.15, 0.2) is 72.8 Å². The number of aromatic nitrogens is 2. The molecule has 2 heterocycles. The average Bonchev–Trinajstić information content (AvgIpc) is 3.29. The lowest BCUT2D eigenvalue weighted by Crippen LogP contribution is -2.49. The van der Waals surface area contributed by atoms with Crippen molar-refractivity contribution < 1.29 is 14.0 Å². The van der Waals surface area contributed by atoms with Crippen molar-refractivity contribution >= 4 is 28.7 Å². The van der Waals surface area contributed by atoms with Gasteiger partial charge in [-0.1, -0.05) is 30.3 Å². The lowest BCUT2D eigenvalue weighted by molar-refractivity contribution is 0.0954. The van der Waals surface area contributed by atoms with E-state index >= 15 is 0 Å². The molecule has 4 aromatic rings. The second kappa shape index (κ2) is 9.97. The number of imidazole rings is 1. The van der Waals surface area contributed by atoms with Crippen molar-refractivity contribution in [3.63, 3.8) is 0 Å². The molecule has 1 saturated heterocycles. The van der Waals surface area contributed by atoms with E-state index in [-0.39, 0.29) is 24.3 Å². The number of H-pyrrole nitrogens is 1. The molecular formula is C27H26FN5O2. The first-order valence-electron chi connectivity index (χ1n) is 11.7. The number of carbonyl (C=O) groups is 2. The van der Waals surface area contributed by atoms with Gasteiger partial charge in [0.15, 0.2) is 0 Å². The molecule has 1 aliphatic heterocycles. The highest BCUT2D eigenvalue weighted by atomic mass is 19.1. The summed E-state index contributed by atoms with van der Waals surface area (Å²) >= 11 is 0. The second-order valence-electron chi connectivity index (χ2n) is 8.55. The van der Waals surface area contributed by atoms with Crippen LogP contribution < -0.4 is 10.2 Å². The zero-order chi connectivity index (χ0) is 24.2. The summed E-state index contributed by atoms with van der Waals surface area (Å²) in [5, 5.41) is 2.92. The van der Waals surface area contributed by atoms with Crippen molar-refractivity contribution in [2.45, 2.75) is 19.4 Å². The molecule has 178 valence electrons. The van der Waals surface area contributed by atoms with Crippen LogP contribution in [0.3, 0.4) is 0 Å². The van der Waals surface area contributed by atoms with Gasteiger partial charge in [0.25, 0.3) is 5.91 Å². The van der Waals surface area contributed by atoms with E-state index in [2.05, 4.69) is 15.3 Å². The summed E-state index contributed by atoms with van der Waals surface area (Å²) in [7, 11) is 0. The molecule has 0 unspecified atom stereocenters. The highest BCUT2D eigenvalue weighted by Gasteiger charge is 2.27. The maximum Gasteiger partial charge on any atom is 0.324 e. The Kier molecular flexibility index (Phi) is 6.43. The van der Waals surface area contributed by atoms with Crippen LogP contribution in [0.25, 0.3) is 11.0 Å². The van der Waals surface area contributed by atoms with E-state index in [0.717, 1.165) is 23.3 Å². The zero-order valence-electron chi connectivity index (χ0n) is 19.2. The van der Waals surface area contributed by atoms with Gasteiger partial charge in [0, 0.05) is 42.9 Å². The first kappa shape index (κ1) is 22.6. The molecule has 8 heteroatoms. The van der Waals surface area contributed by atoms with Crippen molar-refractivity contribution in [2.24, 2.45) is 0 Å². The van der Waals surface area contributed by atoms with Crippen molar-refractivity contribution in [3.8, 4) is 0 Å². The van der Waals surface area contributed by atoms with Crippen molar-refractivity contribution in [1.82, 2.24) is 20.2 Å². The van der Waals surface area contributed by atoms with Crippen molar-refractivity contribution in [1.29, 1.82) is 0 Å². The van der Waals surface area contributed by atoms with Gasteiger partial charge in [-0.2, -0.15) is 0 Å². The summed E-state index contributed by atoms with van der Waals surface area (Å²) in [5.41, 5.74) is 3.61. The monoisotopic (exact) mass is 471 g/mol. The van der Waals surface area contributed by atoms with Gasteiger partial charge in [-0.05, 0) is 48.9 Å². The predicted molar refractivity (Wildman–Crippen MR) is 133 cm³/mol. The number of fused-ring (bicyclic) bond motifs is 1. The minimum absolute atomic E-state index is 0.164. The number of benzene rings is 3. The Morgan fingerprint density at radius 2 is 1.77 bits per heavy atom. The lowest BCUT2D eigenvalue weighted by atomic mass is 10.1. The topological polar surface area (TPSA) is 81.3 Å². The van der Waals surface area contributed by atoms with E-state index in [1.165, 1.54) is 6.07 Å². The molecule has 7 nitrogen and oxygen atoms in total. The van der Waals surface area contributed by atoms with Gasteiger partial charge in [0.05, 0.1) is 17.6 Å². The molecule has 1 aromatic heterocycles. The number of para-hydroxylation sites is 2. The fourth-order valence-corrected chi connectivity index (χ4v) is 4.31. The molecule has 3 amide bonds. The number of nitrogens with one attached hydrogen (secondary N) is 2. The van der Waals surface area contributed by atoms with E-state index in [1.807, 2.05) is 24.3 Å². The summed E-state index contributed by atoms with van der Waals surface area (Å²) in [6.07, 6.45) is 1.38. The highest BCUT2D eigenvalue weighted by Crippen LogP contribution is 2.22. The number of aromatic amines is 1. The SMILES string of the molecule is O=C(NCCc1nc2ccccc2[nH]1)c1ccc(N2CCCN(Cc3ccccc3F)C2=O)cc1. The molecule has 0 radical (unpaired) electrons. The number of anilines is 1. The number of amides is 3. The third-order valence-electron chi connectivity index (χ3n) is 6.16. The molecule has 1 aliphatic rings. The van der Waals surface area contributed by atoms with E-state index in [9.17, 15) is 14.0 Å². The first-order valence-corrected chi connectivity index (χ1v) is 11.7. The molecular weight excluding hydrogens is 445 g/mol. The number of rotatable bonds is 7. The van der Waals surface area contributed by atoms with Crippen LogP contribution in [0.2, 0.25) is 0 Å². The fourth-order valence-electron chi connectivity index (χ4n) is 4.31. The van der Waals surface area contributed by atoms with Crippen LogP contribution in [0, 0.1) is 5.82 Å². The summed E-state index contributed by atoms with van der Waals surface area (Å²) in [6.45, 7) is 1.84.